The van der Waals surface area contributed by atoms with Crippen LogP contribution in [0, 0.1) is 0 Å². The van der Waals surface area contributed by atoms with E-state index in [0.29, 0.717) is 13.0 Å². The highest BCUT2D eigenvalue weighted by molar-refractivity contribution is 7.99. The van der Waals surface area contributed by atoms with Crippen LogP contribution in [0.2, 0.25) is 0 Å². The maximum Gasteiger partial charge on any atom is 0.303 e. The van der Waals surface area contributed by atoms with Gasteiger partial charge in [-0.2, -0.15) is 0 Å². The number of unbranched alkanes of at least 4 members (excludes halogenated alkanes) is 2. The number of aliphatic carboxylic acids is 1. The first-order valence-corrected chi connectivity index (χ1v) is 9.43. The monoisotopic (exact) mass is 359 g/mol. The second-order valence-corrected chi connectivity index (χ2v) is 7.06. The number of carboxylic acids is 1. The van der Waals surface area contributed by atoms with E-state index in [2.05, 4.69) is 20.9 Å². The molecular formula is C18H21N3O3S. The molecule has 2 aromatic heterocycles. The normalized spacial score (nSPS) is 15.8. The van der Waals surface area contributed by atoms with E-state index in [1.807, 2.05) is 24.5 Å². The lowest BCUT2D eigenvalue weighted by Crippen LogP contribution is -2.25. The minimum Gasteiger partial charge on any atom is -0.481 e. The van der Waals surface area contributed by atoms with Crippen LogP contribution < -0.4 is 5.32 Å². The zero-order valence-electron chi connectivity index (χ0n) is 13.9. The molecule has 1 aliphatic rings. The third kappa shape index (κ3) is 4.22. The van der Waals surface area contributed by atoms with Gasteiger partial charge in [0.2, 0.25) is 0 Å². The number of hydrogen-bond donors (Lipinski definition) is 2. The summed E-state index contributed by atoms with van der Waals surface area (Å²) in [5.41, 5.74) is 2.90. The molecule has 2 N–H and O–H groups in total. The Bertz CT molecular complexity index is 745. The molecule has 0 aliphatic carbocycles. The molecule has 132 valence electrons. The van der Waals surface area contributed by atoms with Gasteiger partial charge in [0.1, 0.15) is 5.37 Å². The van der Waals surface area contributed by atoms with E-state index in [-0.39, 0.29) is 17.7 Å². The number of amides is 1. The molecule has 0 bridgehead atoms. The first-order valence-electron chi connectivity index (χ1n) is 8.38. The van der Waals surface area contributed by atoms with Crippen molar-refractivity contribution in [1.82, 2.24) is 14.9 Å². The summed E-state index contributed by atoms with van der Waals surface area (Å²) in [5, 5.41) is 11.7. The van der Waals surface area contributed by atoms with Gasteiger partial charge in [-0.25, -0.2) is 0 Å². The van der Waals surface area contributed by atoms with Gasteiger partial charge in [-0.1, -0.05) is 12.5 Å². The van der Waals surface area contributed by atoms with Crippen molar-refractivity contribution in [2.75, 3.05) is 6.54 Å². The molecule has 0 radical (unpaired) electrons. The summed E-state index contributed by atoms with van der Waals surface area (Å²) in [5.74, 6) is -0.0259. The van der Waals surface area contributed by atoms with Gasteiger partial charge in [0, 0.05) is 48.6 Å². The maximum absolute atomic E-state index is 12.4. The van der Waals surface area contributed by atoms with Crippen LogP contribution in [0.25, 0.3) is 0 Å². The summed E-state index contributed by atoms with van der Waals surface area (Å²) in [4.78, 5) is 27.0. The Morgan fingerprint density at radius 3 is 2.96 bits per heavy atom. The first-order chi connectivity index (χ1) is 12.2. The van der Waals surface area contributed by atoms with Crippen molar-refractivity contribution in [2.45, 2.75) is 36.8 Å². The number of aromatic nitrogens is 2. The van der Waals surface area contributed by atoms with Gasteiger partial charge < -0.3 is 15.0 Å². The molecule has 2 aromatic rings. The number of pyridine rings is 1. The first kappa shape index (κ1) is 17.5. The second-order valence-electron chi connectivity index (χ2n) is 5.99. The van der Waals surface area contributed by atoms with Crippen molar-refractivity contribution < 1.29 is 14.7 Å². The lowest BCUT2D eigenvalue weighted by molar-refractivity contribution is -0.137. The van der Waals surface area contributed by atoms with Crippen LogP contribution in [0.1, 0.15) is 52.7 Å². The molecule has 7 heteroatoms. The molecule has 25 heavy (non-hydrogen) atoms. The summed E-state index contributed by atoms with van der Waals surface area (Å²) >= 11 is 1.79. The van der Waals surface area contributed by atoms with Crippen molar-refractivity contribution in [3.8, 4) is 0 Å². The van der Waals surface area contributed by atoms with Gasteiger partial charge >= 0.3 is 5.97 Å². The number of carbonyl (C=O) groups is 2. The summed E-state index contributed by atoms with van der Waals surface area (Å²) < 4.78 is 2.14. The van der Waals surface area contributed by atoms with Gasteiger partial charge in [0.05, 0.1) is 5.56 Å². The van der Waals surface area contributed by atoms with Gasteiger partial charge in [-0.15, -0.1) is 11.8 Å². The van der Waals surface area contributed by atoms with Crippen LogP contribution in [0.15, 0.2) is 36.8 Å². The molecule has 1 atom stereocenters. The van der Waals surface area contributed by atoms with Crippen molar-refractivity contribution >= 4 is 23.6 Å². The molecular weight excluding hydrogens is 338 g/mol. The minimum absolute atomic E-state index is 0.0561. The average Bonchev–Trinajstić information content (AvgIpc) is 3.20. The Labute approximate surface area is 150 Å². The molecule has 0 saturated carbocycles. The molecule has 1 unspecified atom stereocenters. The number of carboxylic acid groups (broad SMARTS) is 1. The van der Waals surface area contributed by atoms with E-state index in [9.17, 15) is 9.59 Å². The molecule has 1 aliphatic heterocycles. The zero-order chi connectivity index (χ0) is 17.6. The lowest BCUT2D eigenvalue weighted by atomic mass is 10.2. The number of nitrogens with one attached hydrogen (secondary N) is 1. The highest BCUT2D eigenvalue weighted by Crippen LogP contribution is 2.41. The number of hydrogen-bond acceptors (Lipinski definition) is 4. The van der Waals surface area contributed by atoms with Gasteiger partial charge in [-0.05, 0) is 25.0 Å². The van der Waals surface area contributed by atoms with E-state index < -0.39 is 5.97 Å². The van der Waals surface area contributed by atoms with Gasteiger partial charge in [0.15, 0.2) is 0 Å². The number of thioether (sulfide) groups is 1. The lowest BCUT2D eigenvalue weighted by Gasteiger charge is -2.12. The highest BCUT2D eigenvalue weighted by Gasteiger charge is 2.28. The van der Waals surface area contributed by atoms with Crippen LogP contribution in [-0.4, -0.2) is 33.1 Å². The fraction of sp³-hybridized carbons (Fsp3) is 0.389. The molecule has 0 aromatic carbocycles. The van der Waals surface area contributed by atoms with E-state index >= 15 is 0 Å². The summed E-state index contributed by atoms with van der Waals surface area (Å²) in [6, 6.07) is 5.85. The Morgan fingerprint density at radius 2 is 2.20 bits per heavy atom. The zero-order valence-corrected chi connectivity index (χ0v) is 14.7. The number of rotatable bonds is 8. The van der Waals surface area contributed by atoms with Crippen LogP contribution in [-0.2, 0) is 10.5 Å². The molecule has 0 saturated heterocycles. The SMILES string of the molecule is O=C(O)CCCCCNC(=O)c1ccn2c1CSC2c1cccnc1. The molecule has 0 fully saturated rings. The van der Waals surface area contributed by atoms with Crippen molar-refractivity contribution in [3.63, 3.8) is 0 Å². The van der Waals surface area contributed by atoms with E-state index in [4.69, 9.17) is 5.11 Å². The smallest absolute Gasteiger partial charge is 0.303 e. The van der Waals surface area contributed by atoms with E-state index in [1.165, 1.54) is 0 Å². The predicted molar refractivity (Wildman–Crippen MR) is 96.5 cm³/mol. The minimum atomic E-state index is -0.769. The van der Waals surface area contributed by atoms with Crippen molar-refractivity contribution in [2.24, 2.45) is 0 Å². The van der Waals surface area contributed by atoms with E-state index in [0.717, 1.165) is 35.4 Å². The number of carbonyl (C=O) groups excluding carboxylic acids is 1. The largest absolute Gasteiger partial charge is 0.481 e. The summed E-state index contributed by atoms with van der Waals surface area (Å²) in [6.45, 7) is 0.572. The van der Waals surface area contributed by atoms with Crippen molar-refractivity contribution in [3.05, 3.63) is 53.6 Å². The summed E-state index contributed by atoms with van der Waals surface area (Å²) in [6.07, 6.45) is 8.03. The Hall–Kier alpha value is -2.28. The van der Waals surface area contributed by atoms with E-state index in [1.54, 1.807) is 18.0 Å². The number of fused-ring (bicyclic) bond motifs is 1. The molecule has 6 nitrogen and oxygen atoms in total. The maximum atomic E-state index is 12.4. The van der Waals surface area contributed by atoms with Crippen LogP contribution in [0.5, 0.6) is 0 Å². The highest BCUT2D eigenvalue weighted by atomic mass is 32.2. The topological polar surface area (TPSA) is 84.2 Å². The Kier molecular flexibility index (Phi) is 5.75. The molecule has 3 heterocycles. The van der Waals surface area contributed by atoms with Gasteiger partial charge in [-0.3, -0.25) is 14.6 Å². The standard InChI is InChI=1S/C18H21N3O3S/c22-16(23)6-2-1-3-9-20-17(24)14-7-10-21-15(14)12-25-18(21)13-5-4-8-19-11-13/h4-5,7-8,10-11,18H,1-3,6,9,12H2,(H,20,24)(H,22,23). The molecule has 3 rings (SSSR count). The fourth-order valence-electron chi connectivity index (χ4n) is 2.95. The van der Waals surface area contributed by atoms with Crippen molar-refractivity contribution in [1.29, 1.82) is 0 Å². The molecule has 1 amide bonds. The predicted octanol–water partition coefficient (Wildman–Crippen LogP) is 3.05. The van der Waals surface area contributed by atoms with Gasteiger partial charge in [0.25, 0.3) is 5.91 Å². The van der Waals surface area contributed by atoms with Crippen LogP contribution in [0.3, 0.4) is 0 Å². The summed E-state index contributed by atoms with van der Waals surface area (Å²) in [7, 11) is 0. The molecule has 0 spiro atoms. The quantitative estimate of drug-likeness (QED) is 0.708. The van der Waals surface area contributed by atoms with Crippen LogP contribution >= 0.6 is 11.8 Å². The third-order valence-corrected chi connectivity index (χ3v) is 5.48. The fourth-order valence-corrected chi connectivity index (χ4v) is 4.26. The average molecular weight is 359 g/mol. The third-order valence-electron chi connectivity index (χ3n) is 4.22. The van der Waals surface area contributed by atoms with Crippen LogP contribution in [0.4, 0.5) is 0 Å². The number of nitrogens with zero attached hydrogens (tertiary/aromatic N) is 2. The Morgan fingerprint density at radius 1 is 1.32 bits per heavy atom. The Balaban J connectivity index is 1.54. The second kappa shape index (κ2) is 8.20.